The van der Waals surface area contributed by atoms with E-state index in [9.17, 15) is 9.59 Å². The van der Waals surface area contributed by atoms with Crippen LogP contribution in [-0.4, -0.2) is 34.3 Å². The highest BCUT2D eigenvalue weighted by Crippen LogP contribution is 2.37. The number of benzene rings is 1. The zero-order valence-electron chi connectivity index (χ0n) is 14.6. The number of hydrogen-bond donors (Lipinski definition) is 2. The van der Waals surface area contributed by atoms with Gasteiger partial charge in [-0.2, -0.15) is 0 Å². The lowest BCUT2D eigenvalue weighted by atomic mass is 9.89. The standard InChI is InChI=1S/C18H20N2O5S/c1-3-18(4-2,8-15(21)22)20-16(23)14-9-19-17(26-14)11-5-6-12-13(7-11)25-10-24-12/h5-7,9H,3-4,8,10H2,1-2H3,(H,20,23)(H,21,22). The van der Waals surface area contributed by atoms with Crippen LogP contribution in [0.1, 0.15) is 42.8 Å². The summed E-state index contributed by atoms with van der Waals surface area (Å²) in [5.74, 6) is 0.104. The van der Waals surface area contributed by atoms with Gasteiger partial charge in [0.15, 0.2) is 11.5 Å². The molecule has 1 aliphatic rings. The van der Waals surface area contributed by atoms with Crippen LogP contribution in [0.5, 0.6) is 11.5 Å². The number of aromatic nitrogens is 1. The Morgan fingerprint density at radius 3 is 2.69 bits per heavy atom. The first-order valence-electron chi connectivity index (χ1n) is 8.36. The van der Waals surface area contributed by atoms with E-state index in [0.717, 1.165) is 5.56 Å². The van der Waals surface area contributed by atoms with Crippen molar-refractivity contribution in [3.63, 3.8) is 0 Å². The second kappa shape index (κ2) is 7.33. The molecule has 1 aromatic carbocycles. The number of ether oxygens (including phenoxy) is 2. The molecule has 2 aromatic rings. The largest absolute Gasteiger partial charge is 0.481 e. The minimum atomic E-state index is -0.931. The van der Waals surface area contributed by atoms with Crippen LogP contribution in [0.4, 0.5) is 0 Å². The highest BCUT2D eigenvalue weighted by Gasteiger charge is 2.32. The van der Waals surface area contributed by atoms with Gasteiger partial charge < -0.3 is 19.9 Å². The maximum atomic E-state index is 12.6. The molecule has 2 N–H and O–H groups in total. The Labute approximate surface area is 155 Å². The number of thiazole rings is 1. The first-order valence-corrected chi connectivity index (χ1v) is 9.18. The number of rotatable bonds is 7. The molecule has 0 atom stereocenters. The average molecular weight is 376 g/mol. The lowest BCUT2D eigenvalue weighted by Gasteiger charge is -2.31. The topological polar surface area (TPSA) is 97.8 Å². The third kappa shape index (κ3) is 3.65. The Kier molecular flexibility index (Phi) is 5.13. The SMILES string of the molecule is CCC(CC)(CC(=O)O)NC(=O)c1cnc(-c2ccc3c(c2)OCO3)s1. The first kappa shape index (κ1) is 18.2. The van der Waals surface area contributed by atoms with E-state index in [0.29, 0.717) is 34.2 Å². The van der Waals surface area contributed by atoms with E-state index in [1.165, 1.54) is 17.5 Å². The summed E-state index contributed by atoms with van der Waals surface area (Å²) in [7, 11) is 0. The predicted octanol–water partition coefficient (Wildman–Crippen LogP) is 3.30. The van der Waals surface area contributed by atoms with Crippen LogP contribution in [0, 0.1) is 0 Å². The lowest BCUT2D eigenvalue weighted by molar-refractivity contribution is -0.138. The molecule has 3 rings (SSSR count). The van der Waals surface area contributed by atoms with E-state index < -0.39 is 11.5 Å². The molecule has 26 heavy (non-hydrogen) atoms. The normalized spacial score (nSPS) is 12.8. The van der Waals surface area contributed by atoms with Gasteiger partial charge >= 0.3 is 5.97 Å². The molecule has 0 fully saturated rings. The lowest BCUT2D eigenvalue weighted by Crippen LogP contribution is -2.48. The van der Waals surface area contributed by atoms with Gasteiger partial charge in [0.05, 0.1) is 18.2 Å². The van der Waals surface area contributed by atoms with Gasteiger partial charge in [-0.3, -0.25) is 9.59 Å². The molecule has 0 radical (unpaired) electrons. The quantitative estimate of drug-likeness (QED) is 0.769. The van der Waals surface area contributed by atoms with Gasteiger partial charge in [-0.05, 0) is 31.0 Å². The monoisotopic (exact) mass is 376 g/mol. The van der Waals surface area contributed by atoms with Crippen molar-refractivity contribution >= 4 is 23.2 Å². The van der Waals surface area contributed by atoms with Gasteiger partial charge in [-0.25, -0.2) is 4.98 Å². The molecule has 0 spiro atoms. The highest BCUT2D eigenvalue weighted by atomic mass is 32.1. The van der Waals surface area contributed by atoms with Crippen molar-refractivity contribution in [1.29, 1.82) is 0 Å². The van der Waals surface area contributed by atoms with Crippen molar-refractivity contribution in [2.24, 2.45) is 0 Å². The molecule has 2 heterocycles. The maximum absolute atomic E-state index is 12.6. The van der Waals surface area contributed by atoms with Gasteiger partial charge in [-0.1, -0.05) is 13.8 Å². The number of hydrogen-bond acceptors (Lipinski definition) is 6. The summed E-state index contributed by atoms with van der Waals surface area (Å²) < 4.78 is 10.7. The van der Waals surface area contributed by atoms with E-state index in [-0.39, 0.29) is 19.1 Å². The molecular formula is C18H20N2O5S. The zero-order chi connectivity index (χ0) is 18.7. The second-order valence-corrected chi connectivity index (χ2v) is 7.14. The van der Waals surface area contributed by atoms with Crippen molar-refractivity contribution in [3.05, 3.63) is 29.3 Å². The number of amides is 1. The van der Waals surface area contributed by atoms with Crippen LogP contribution in [0.25, 0.3) is 10.6 Å². The van der Waals surface area contributed by atoms with E-state index in [4.69, 9.17) is 14.6 Å². The van der Waals surface area contributed by atoms with Crippen LogP contribution in [0.2, 0.25) is 0 Å². The van der Waals surface area contributed by atoms with E-state index in [2.05, 4.69) is 10.3 Å². The summed E-state index contributed by atoms with van der Waals surface area (Å²) in [6.45, 7) is 3.94. The summed E-state index contributed by atoms with van der Waals surface area (Å²) >= 11 is 1.25. The molecule has 0 aliphatic carbocycles. The van der Waals surface area contributed by atoms with Gasteiger partial charge in [0.25, 0.3) is 5.91 Å². The Hall–Kier alpha value is -2.61. The van der Waals surface area contributed by atoms with Crippen molar-refractivity contribution < 1.29 is 24.2 Å². The van der Waals surface area contributed by atoms with Crippen LogP contribution in [0.15, 0.2) is 24.4 Å². The van der Waals surface area contributed by atoms with Gasteiger partial charge in [0.2, 0.25) is 6.79 Å². The van der Waals surface area contributed by atoms with Gasteiger partial charge in [0.1, 0.15) is 9.88 Å². The number of carbonyl (C=O) groups excluding carboxylic acids is 1. The third-order valence-electron chi connectivity index (χ3n) is 4.57. The average Bonchev–Trinajstić information content (AvgIpc) is 3.29. The minimum absolute atomic E-state index is 0.112. The molecule has 0 bridgehead atoms. The first-order chi connectivity index (χ1) is 12.5. The number of aliphatic carboxylic acids is 1. The fraction of sp³-hybridized carbons (Fsp3) is 0.389. The Morgan fingerprint density at radius 1 is 1.27 bits per heavy atom. The van der Waals surface area contributed by atoms with Crippen molar-refractivity contribution in [2.75, 3.05) is 6.79 Å². The number of nitrogens with zero attached hydrogens (tertiary/aromatic N) is 1. The van der Waals surface area contributed by atoms with E-state index >= 15 is 0 Å². The summed E-state index contributed by atoms with van der Waals surface area (Å²) in [6.07, 6.45) is 2.47. The van der Waals surface area contributed by atoms with Crippen LogP contribution in [0.3, 0.4) is 0 Å². The Balaban J connectivity index is 1.78. The molecule has 7 nitrogen and oxygen atoms in total. The number of carbonyl (C=O) groups is 2. The Bertz CT molecular complexity index is 829. The number of carboxylic acid groups (broad SMARTS) is 1. The third-order valence-corrected chi connectivity index (χ3v) is 5.62. The zero-order valence-corrected chi connectivity index (χ0v) is 15.4. The number of fused-ring (bicyclic) bond motifs is 1. The molecule has 0 saturated heterocycles. The summed E-state index contributed by atoms with van der Waals surface area (Å²) in [5.41, 5.74) is 0.0762. The predicted molar refractivity (Wildman–Crippen MR) is 96.7 cm³/mol. The number of nitrogens with one attached hydrogen (secondary N) is 1. The smallest absolute Gasteiger partial charge is 0.305 e. The van der Waals surface area contributed by atoms with Crippen LogP contribution < -0.4 is 14.8 Å². The molecule has 1 aromatic heterocycles. The Morgan fingerprint density at radius 2 is 2.00 bits per heavy atom. The van der Waals surface area contributed by atoms with Crippen molar-refractivity contribution in [3.8, 4) is 22.1 Å². The maximum Gasteiger partial charge on any atom is 0.305 e. The van der Waals surface area contributed by atoms with Crippen molar-refractivity contribution in [1.82, 2.24) is 10.3 Å². The molecule has 1 amide bonds. The van der Waals surface area contributed by atoms with Gasteiger partial charge in [-0.15, -0.1) is 11.3 Å². The summed E-state index contributed by atoms with van der Waals surface area (Å²) in [5, 5.41) is 12.7. The van der Waals surface area contributed by atoms with E-state index in [1.54, 1.807) is 0 Å². The van der Waals surface area contributed by atoms with Crippen LogP contribution in [-0.2, 0) is 4.79 Å². The highest BCUT2D eigenvalue weighted by molar-refractivity contribution is 7.16. The molecular weight excluding hydrogens is 356 g/mol. The molecule has 0 unspecified atom stereocenters. The van der Waals surface area contributed by atoms with Crippen molar-refractivity contribution in [2.45, 2.75) is 38.6 Å². The fourth-order valence-electron chi connectivity index (χ4n) is 2.86. The molecule has 1 aliphatic heterocycles. The molecule has 8 heteroatoms. The summed E-state index contributed by atoms with van der Waals surface area (Å²) in [6, 6.07) is 5.50. The second-order valence-electron chi connectivity index (χ2n) is 6.11. The van der Waals surface area contributed by atoms with E-state index in [1.807, 2.05) is 32.0 Å². The molecule has 0 saturated carbocycles. The summed E-state index contributed by atoms with van der Waals surface area (Å²) in [4.78, 5) is 28.5. The fourth-order valence-corrected chi connectivity index (χ4v) is 3.66. The molecule has 138 valence electrons. The minimum Gasteiger partial charge on any atom is -0.481 e. The van der Waals surface area contributed by atoms with Crippen LogP contribution >= 0.6 is 11.3 Å². The number of carboxylic acids is 1. The van der Waals surface area contributed by atoms with Gasteiger partial charge in [0, 0.05) is 5.56 Å².